The number of rotatable bonds is 3. The predicted octanol–water partition coefficient (Wildman–Crippen LogP) is 6.03. The second kappa shape index (κ2) is 6.31. The summed E-state index contributed by atoms with van der Waals surface area (Å²) in [5.41, 5.74) is 2.13. The first-order valence-corrected chi connectivity index (χ1v) is 7.90. The van der Waals surface area contributed by atoms with E-state index in [0.717, 1.165) is 16.5 Å². The Morgan fingerprint density at radius 3 is 2.33 bits per heavy atom. The highest BCUT2D eigenvalue weighted by atomic mass is 79.9. The molecule has 2 rings (SSSR count). The number of hydrogen-bond donors (Lipinski definition) is 0. The van der Waals surface area contributed by atoms with Crippen molar-refractivity contribution >= 4 is 47.8 Å². The van der Waals surface area contributed by atoms with Crippen LogP contribution < -0.4 is 0 Å². The SMILES string of the molecule is Fc1cccc(C(Br)Cc2ccc(Br)cc2)c1Br. The lowest BCUT2D eigenvalue weighted by atomic mass is 10.0. The smallest absolute Gasteiger partial charge is 0.137 e. The Balaban J connectivity index is 2.19. The lowest BCUT2D eigenvalue weighted by molar-refractivity contribution is 0.617. The van der Waals surface area contributed by atoms with Crippen molar-refractivity contribution in [3.05, 3.63) is 68.4 Å². The van der Waals surface area contributed by atoms with E-state index in [1.54, 1.807) is 6.07 Å². The van der Waals surface area contributed by atoms with Crippen LogP contribution >= 0.6 is 47.8 Å². The van der Waals surface area contributed by atoms with Gasteiger partial charge in [-0.25, -0.2) is 4.39 Å². The molecule has 0 nitrogen and oxygen atoms in total. The standard InChI is InChI=1S/C14H10Br3F/c15-10-6-4-9(5-7-10)8-12(16)11-2-1-3-13(18)14(11)17/h1-7,12H,8H2. The minimum atomic E-state index is -0.229. The Morgan fingerprint density at radius 1 is 1.00 bits per heavy atom. The molecule has 0 spiro atoms. The summed E-state index contributed by atoms with van der Waals surface area (Å²) in [7, 11) is 0. The van der Waals surface area contributed by atoms with Gasteiger partial charge in [0.1, 0.15) is 5.82 Å². The van der Waals surface area contributed by atoms with Gasteiger partial charge in [-0.3, -0.25) is 0 Å². The third-order valence-corrected chi connectivity index (χ3v) is 4.83. The highest BCUT2D eigenvalue weighted by Crippen LogP contribution is 2.34. The average Bonchev–Trinajstić information content (AvgIpc) is 2.35. The van der Waals surface area contributed by atoms with Crippen LogP contribution in [0.1, 0.15) is 16.0 Å². The summed E-state index contributed by atoms with van der Waals surface area (Å²) >= 11 is 10.3. The van der Waals surface area contributed by atoms with Crippen LogP contribution in [0.5, 0.6) is 0 Å². The molecule has 0 aliphatic carbocycles. The monoisotopic (exact) mass is 434 g/mol. The van der Waals surface area contributed by atoms with Crippen LogP contribution in [0.3, 0.4) is 0 Å². The van der Waals surface area contributed by atoms with Gasteiger partial charge in [0.25, 0.3) is 0 Å². The van der Waals surface area contributed by atoms with E-state index in [-0.39, 0.29) is 10.6 Å². The Kier molecular flexibility index (Phi) is 4.98. The Bertz CT molecular complexity index is 537. The molecule has 0 radical (unpaired) electrons. The zero-order valence-electron chi connectivity index (χ0n) is 9.34. The predicted molar refractivity (Wildman–Crippen MR) is 83.6 cm³/mol. The Hall–Kier alpha value is -0.190. The van der Waals surface area contributed by atoms with Crippen LogP contribution in [0.15, 0.2) is 51.4 Å². The van der Waals surface area contributed by atoms with E-state index in [4.69, 9.17) is 0 Å². The Labute approximate surface area is 131 Å². The van der Waals surface area contributed by atoms with E-state index in [1.807, 2.05) is 18.2 Å². The van der Waals surface area contributed by atoms with Crippen LogP contribution in [-0.4, -0.2) is 0 Å². The van der Waals surface area contributed by atoms with Gasteiger partial charge in [-0.1, -0.05) is 56.1 Å². The average molecular weight is 437 g/mol. The van der Waals surface area contributed by atoms with Gasteiger partial charge in [-0.15, -0.1) is 0 Å². The molecule has 0 aliphatic heterocycles. The number of halogens is 4. The van der Waals surface area contributed by atoms with Gasteiger partial charge < -0.3 is 0 Å². The van der Waals surface area contributed by atoms with E-state index in [2.05, 4.69) is 59.9 Å². The molecule has 0 amide bonds. The molecule has 0 saturated heterocycles. The van der Waals surface area contributed by atoms with Crippen LogP contribution in [-0.2, 0) is 6.42 Å². The van der Waals surface area contributed by atoms with Crippen molar-refractivity contribution in [2.24, 2.45) is 0 Å². The van der Waals surface area contributed by atoms with Crippen molar-refractivity contribution in [1.29, 1.82) is 0 Å². The van der Waals surface area contributed by atoms with Gasteiger partial charge in [-0.05, 0) is 51.7 Å². The highest BCUT2D eigenvalue weighted by Gasteiger charge is 2.14. The summed E-state index contributed by atoms with van der Waals surface area (Å²) in [5, 5.41) is 0. The zero-order chi connectivity index (χ0) is 13.1. The summed E-state index contributed by atoms with van der Waals surface area (Å²) in [6.45, 7) is 0. The molecule has 0 N–H and O–H groups in total. The number of benzene rings is 2. The summed E-state index contributed by atoms with van der Waals surface area (Å²) in [6.07, 6.45) is 0.815. The van der Waals surface area contributed by atoms with Crippen LogP contribution in [0, 0.1) is 5.82 Å². The lowest BCUT2D eigenvalue weighted by Gasteiger charge is -2.12. The van der Waals surface area contributed by atoms with Gasteiger partial charge in [0.15, 0.2) is 0 Å². The van der Waals surface area contributed by atoms with Crippen LogP contribution in [0.25, 0.3) is 0 Å². The normalized spacial score (nSPS) is 12.4. The molecule has 4 heteroatoms. The van der Waals surface area contributed by atoms with E-state index < -0.39 is 0 Å². The molecule has 0 heterocycles. The van der Waals surface area contributed by atoms with Gasteiger partial charge >= 0.3 is 0 Å². The summed E-state index contributed by atoms with van der Waals surface area (Å²) < 4.78 is 15.0. The quantitative estimate of drug-likeness (QED) is 0.515. The molecular formula is C14H10Br3F. The van der Waals surface area contributed by atoms with Gasteiger partial charge in [0, 0.05) is 9.30 Å². The molecule has 0 aromatic heterocycles. The summed E-state index contributed by atoms with van der Waals surface area (Å²) in [6, 6.07) is 13.2. The van der Waals surface area contributed by atoms with Crippen molar-refractivity contribution in [1.82, 2.24) is 0 Å². The summed E-state index contributed by atoms with van der Waals surface area (Å²) in [4.78, 5) is 0.0868. The van der Waals surface area contributed by atoms with Crippen molar-refractivity contribution in [2.45, 2.75) is 11.2 Å². The molecule has 0 fully saturated rings. The van der Waals surface area contributed by atoms with Gasteiger partial charge in [0.2, 0.25) is 0 Å². The molecule has 0 bridgehead atoms. The first-order chi connectivity index (χ1) is 8.58. The van der Waals surface area contributed by atoms with E-state index in [1.165, 1.54) is 11.6 Å². The second-order valence-electron chi connectivity index (χ2n) is 3.94. The second-order valence-corrected chi connectivity index (χ2v) is 6.76. The number of alkyl halides is 1. The molecule has 0 saturated carbocycles. The minimum Gasteiger partial charge on any atom is -0.206 e. The summed E-state index contributed by atoms with van der Waals surface area (Å²) in [5.74, 6) is -0.229. The van der Waals surface area contributed by atoms with Crippen molar-refractivity contribution in [3.63, 3.8) is 0 Å². The van der Waals surface area contributed by atoms with E-state index in [0.29, 0.717) is 4.47 Å². The molecule has 2 aromatic carbocycles. The molecule has 18 heavy (non-hydrogen) atoms. The third-order valence-electron chi connectivity index (χ3n) is 2.65. The molecule has 0 aliphatic rings. The van der Waals surface area contributed by atoms with Crippen molar-refractivity contribution in [2.75, 3.05) is 0 Å². The number of hydrogen-bond acceptors (Lipinski definition) is 0. The molecular weight excluding hydrogens is 427 g/mol. The fourth-order valence-electron chi connectivity index (χ4n) is 1.70. The zero-order valence-corrected chi connectivity index (χ0v) is 14.1. The maximum atomic E-state index is 13.5. The largest absolute Gasteiger partial charge is 0.206 e. The molecule has 1 unspecified atom stereocenters. The third kappa shape index (κ3) is 3.43. The topological polar surface area (TPSA) is 0 Å². The first-order valence-electron chi connectivity index (χ1n) is 5.40. The maximum absolute atomic E-state index is 13.5. The lowest BCUT2D eigenvalue weighted by Crippen LogP contribution is -1.97. The molecule has 2 aromatic rings. The van der Waals surface area contributed by atoms with Crippen molar-refractivity contribution in [3.8, 4) is 0 Å². The van der Waals surface area contributed by atoms with Crippen LogP contribution in [0.2, 0.25) is 0 Å². The van der Waals surface area contributed by atoms with E-state index in [9.17, 15) is 4.39 Å². The minimum absolute atomic E-state index is 0.0868. The maximum Gasteiger partial charge on any atom is 0.137 e. The van der Waals surface area contributed by atoms with Crippen LogP contribution in [0.4, 0.5) is 4.39 Å². The van der Waals surface area contributed by atoms with Crippen molar-refractivity contribution < 1.29 is 4.39 Å². The van der Waals surface area contributed by atoms with Gasteiger partial charge in [0.05, 0.1) is 4.47 Å². The van der Waals surface area contributed by atoms with Gasteiger partial charge in [-0.2, -0.15) is 0 Å². The highest BCUT2D eigenvalue weighted by molar-refractivity contribution is 9.11. The molecule has 1 atom stereocenters. The fraction of sp³-hybridized carbons (Fsp3) is 0.143. The van der Waals surface area contributed by atoms with E-state index >= 15 is 0 Å². The fourth-order valence-corrected chi connectivity index (χ4v) is 3.57. The molecule has 94 valence electrons. The first kappa shape index (κ1) is 14.2. The Morgan fingerprint density at radius 2 is 1.67 bits per heavy atom.